The van der Waals surface area contributed by atoms with E-state index in [2.05, 4.69) is 189 Å². The standard InChI is InChI=1S/C57H45NOS/c1-2-45-46(40-19-10-5-11-20-40)22-14-23-51(58-57(45)41-27-25-39(26-28-41)37-15-6-3-7-16-37)44-34-49(56-48-21-12-13-24-52(48)59-53(56)35-44)43-30-32-54-50(33-43)47-31-29-42(36-55(47)60-54)38-17-8-4-9-18-38/h3-13,15-21,24-34,36,51,53H,2,14,22-23,35H2,1H3/b46-45+,58-57-. The summed E-state index contributed by atoms with van der Waals surface area (Å²) in [7, 11) is 0. The Bertz CT molecular complexity index is 3020. The second kappa shape index (κ2) is 15.6. The third kappa shape index (κ3) is 6.64. The molecule has 0 spiro atoms. The number of nitrogens with zero attached hydrogens (tertiary/aromatic N) is 1. The highest BCUT2D eigenvalue weighted by Gasteiger charge is 2.37. The molecule has 7 aromatic carbocycles. The van der Waals surface area contributed by atoms with Crippen LogP contribution in [0.15, 0.2) is 198 Å². The first-order chi connectivity index (χ1) is 29.7. The average Bonchev–Trinajstić information content (AvgIpc) is 3.87. The smallest absolute Gasteiger partial charge is 0.129 e. The van der Waals surface area contributed by atoms with Gasteiger partial charge >= 0.3 is 0 Å². The van der Waals surface area contributed by atoms with Crippen molar-refractivity contribution in [2.45, 2.75) is 51.2 Å². The van der Waals surface area contributed by atoms with Crippen molar-refractivity contribution >= 4 is 53.9 Å². The molecule has 0 fully saturated rings. The van der Waals surface area contributed by atoms with Crippen LogP contribution >= 0.6 is 11.3 Å². The number of benzene rings is 7. The largest absolute Gasteiger partial charge is 0.485 e. The molecule has 2 unspecified atom stereocenters. The van der Waals surface area contributed by atoms with E-state index in [1.807, 2.05) is 11.3 Å². The van der Waals surface area contributed by atoms with E-state index < -0.39 is 0 Å². The van der Waals surface area contributed by atoms with Gasteiger partial charge in [-0.3, -0.25) is 4.99 Å². The molecule has 11 rings (SSSR count). The Morgan fingerprint density at radius 1 is 0.583 bits per heavy atom. The molecule has 1 aromatic heterocycles. The Hall–Kier alpha value is -6.55. The predicted molar refractivity (Wildman–Crippen MR) is 255 cm³/mol. The number of thiophene rings is 1. The Balaban J connectivity index is 1.05. The van der Waals surface area contributed by atoms with Crippen molar-refractivity contribution in [2.75, 3.05) is 0 Å². The van der Waals surface area contributed by atoms with Crippen LogP contribution in [0.1, 0.15) is 61.3 Å². The predicted octanol–water partition coefficient (Wildman–Crippen LogP) is 15.3. The number of aliphatic imine (C=N–C) groups is 1. The summed E-state index contributed by atoms with van der Waals surface area (Å²) in [4.78, 5) is 5.88. The van der Waals surface area contributed by atoms with Crippen molar-refractivity contribution in [1.29, 1.82) is 0 Å². The van der Waals surface area contributed by atoms with Crippen LogP contribution in [0.25, 0.3) is 59.1 Å². The van der Waals surface area contributed by atoms with Gasteiger partial charge in [0.25, 0.3) is 0 Å². The lowest BCUT2D eigenvalue weighted by Gasteiger charge is -2.29. The van der Waals surface area contributed by atoms with Crippen LogP contribution in [0.5, 0.6) is 5.75 Å². The van der Waals surface area contributed by atoms with E-state index in [9.17, 15) is 0 Å². The molecular formula is C57H45NOS. The van der Waals surface area contributed by atoms with E-state index in [4.69, 9.17) is 9.73 Å². The molecule has 3 heterocycles. The summed E-state index contributed by atoms with van der Waals surface area (Å²) >= 11 is 1.88. The summed E-state index contributed by atoms with van der Waals surface area (Å²) in [5.41, 5.74) is 17.7. The van der Waals surface area contributed by atoms with Crippen molar-refractivity contribution < 1.29 is 4.74 Å². The van der Waals surface area contributed by atoms with Crippen molar-refractivity contribution in [3.05, 3.63) is 215 Å². The molecule has 60 heavy (non-hydrogen) atoms. The lowest BCUT2D eigenvalue weighted by Crippen LogP contribution is -2.24. The first kappa shape index (κ1) is 36.5. The molecule has 0 saturated heterocycles. The molecule has 0 N–H and O–H groups in total. The van der Waals surface area contributed by atoms with Crippen LogP contribution in [-0.2, 0) is 0 Å². The Morgan fingerprint density at radius 3 is 1.97 bits per heavy atom. The molecule has 3 heteroatoms. The number of fused-ring (bicyclic) bond motifs is 6. The van der Waals surface area contributed by atoms with E-state index in [0.717, 1.165) is 43.6 Å². The van der Waals surface area contributed by atoms with Crippen molar-refractivity contribution in [2.24, 2.45) is 4.99 Å². The summed E-state index contributed by atoms with van der Waals surface area (Å²) in [6, 6.07) is 64.1. The topological polar surface area (TPSA) is 21.6 Å². The fraction of sp³-hybridized carbons (Fsp3) is 0.140. The molecule has 2 aliphatic heterocycles. The third-order valence-electron chi connectivity index (χ3n) is 12.7. The average molecular weight is 792 g/mol. The van der Waals surface area contributed by atoms with Gasteiger partial charge in [0.2, 0.25) is 0 Å². The number of allylic oxidation sites excluding steroid dienone is 4. The summed E-state index contributed by atoms with van der Waals surface area (Å²) < 4.78 is 9.49. The maximum atomic E-state index is 6.87. The van der Waals surface area contributed by atoms with E-state index in [0.29, 0.717) is 0 Å². The molecule has 1 aliphatic carbocycles. The third-order valence-corrected chi connectivity index (χ3v) is 13.8. The number of ether oxygens (including phenoxy) is 1. The second-order valence-corrected chi connectivity index (χ2v) is 17.3. The van der Waals surface area contributed by atoms with Crippen LogP contribution in [0.3, 0.4) is 0 Å². The van der Waals surface area contributed by atoms with E-state index in [1.54, 1.807) is 0 Å². The number of para-hydroxylation sites is 1. The quantitative estimate of drug-likeness (QED) is 0.158. The fourth-order valence-electron chi connectivity index (χ4n) is 9.77. The van der Waals surface area contributed by atoms with Crippen LogP contribution in [0.2, 0.25) is 0 Å². The van der Waals surface area contributed by atoms with Gasteiger partial charge in [-0.2, -0.15) is 0 Å². The lowest BCUT2D eigenvalue weighted by molar-refractivity contribution is 0.272. The molecule has 0 saturated carbocycles. The Labute approximate surface area is 356 Å². The highest BCUT2D eigenvalue weighted by atomic mass is 32.1. The molecule has 2 atom stereocenters. The fourth-order valence-corrected chi connectivity index (χ4v) is 10.9. The summed E-state index contributed by atoms with van der Waals surface area (Å²) in [5.74, 6) is 0.976. The van der Waals surface area contributed by atoms with Crippen LogP contribution in [-0.4, -0.2) is 17.9 Å². The first-order valence-electron chi connectivity index (χ1n) is 21.4. The lowest BCUT2D eigenvalue weighted by atomic mass is 9.80. The minimum Gasteiger partial charge on any atom is -0.485 e. The van der Waals surface area contributed by atoms with Crippen molar-refractivity contribution in [3.63, 3.8) is 0 Å². The maximum Gasteiger partial charge on any atom is 0.129 e. The zero-order valence-corrected chi connectivity index (χ0v) is 34.6. The van der Waals surface area contributed by atoms with Crippen LogP contribution < -0.4 is 4.74 Å². The number of hydrogen-bond donors (Lipinski definition) is 0. The highest BCUT2D eigenvalue weighted by Crippen LogP contribution is 2.49. The molecule has 0 radical (unpaired) electrons. The van der Waals surface area contributed by atoms with Crippen molar-refractivity contribution in [3.8, 4) is 28.0 Å². The van der Waals surface area contributed by atoms with Gasteiger partial charge in [0, 0.05) is 43.3 Å². The van der Waals surface area contributed by atoms with Crippen LogP contribution in [0.4, 0.5) is 0 Å². The van der Waals surface area contributed by atoms with Gasteiger partial charge in [-0.15, -0.1) is 11.3 Å². The van der Waals surface area contributed by atoms with Gasteiger partial charge in [-0.25, -0.2) is 0 Å². The normalized spacial score (nSPS) is 19.8. The zero-order valence-electron chi connectivity index (χ0n) is 33.8. The van der Waals surface area contributed by atoms with Gasteiger partial charge < -0.3 is 4.74 Å². The maximum absolute atomic E-state index is 6.87. The van der Waals surface area contributed by atoms with Crippen LogP contribution in [0, 0.1) is 0 Å². The molecule has 2 nitrogen and oxygen atoms in total. The van der Waals surface area contributed by atoms with Gasteiger partial charge in [0.15, 0.2) is 0 Å². The second-order valence-electron chi connectivity index (χ2n) is 16.2. The SMILES string of the molecule is CCC1=C(\c2ccccc2)CCCC(C2=CC(c3ccc4sc5cc(-c6ccccc6)ccc5c4c3)=C3c4ccccc4OC3C2)/N=C\1c1ccc(-c2ccccc2)cc1. The van der Waals surface area contributed by atoms with E-state index in [-0.39, 0.29) is 12.1 Å². The highest BCUT2D eigenvalue weighted by molar-refractivity contribution is 7.25. The molecule has 0 amide bonds. The Morgan fingerprint density at radius 2 is 1.22 bits per heavy atom. The summed E-state index contributed by atoms with van der Waals surface area (Å²) in [5, 5.41) is 2.61. The van der Waals surface area contributed by atoms with E-state index >= 15 is 0 Å². The summed E-state index contributed by atoms with van der Waals surface area (Å²) in [6.07, 6.45) is 7.24. The zero-order chi connectivity index (χ0) is 40.0. The molecule has 3 aliphatic rings. The number of rotatable bonds is 7. The Kier molecular flexibility index (Phi) is 9.47. The molecule has 0 bridgehead atoms. The van der Waals surface area contributed by atoms with E-state index in [1.165, 1.54) is 92.5 Å². The molecular weight excluding hydrogens is 747 g/mol. The molecule has 8 aromatic rings. The van der Waals surface area contributed by atoms with Gasteiger partial charge in [0.05, 0.1) is 11.8 Å². The minimum absolute atomic E-state index is 0.0265. The van der Waals surface area contributed by atoms with Gasteiger partial charge in [0.1, 0.15) is 11.9 Å². The van der Waals surface area contributed by atoms with Crippen molar-refractivity contribution in [1.82, 2.24) is 0 Å². The summed E-state index contributed by atoms with van der Waals surface area (Å²) in [6.45, 7) is 2.30. The molecule has 290 valence electrons. The van der Waals surface area contributed by atoms with Gasteiger partial charge in [-0.05, 0) is 106 Å². The first-order valence-corrected chi connectivity index (χ1v) is 22.2. The van der Waals surface area contributed by atoms with Gasteiger partial charge in [-0.1, -0.05) is 165 Å². The monoisotopic (exact) mass is 791 g/mol. The number of hydrogen-bond acceptors (Lipinski definition) is 3. The minimum atomic E-state index is -0.0592.